The minimum absolute atomic E-state index is 0.0266. The second-order valence-corrected chi connectivity index (χ2v) is 6.89. The van der Waals surface area contributed by atoms with Crippen LogP contribution in [0.25, 0.3) is 0 Å². The van der Waals surface area contributed by atoms with Gasteiger partial charge >= 0.3 is 5.97 Å². The second-order valence-electron chi connectivity index (χ2n) is 6.89. The van der Waals surface area contributed by atoms with E-state index in [0.29, 0.717) is 29.8 Å². The van der Waals surface area contributed by atoms with Crippen LogP contribution in [0, 0.1) is 0 Å². The minimum atomic E-state index is -0.672. The van der Waals surface area contributed by atoms with Gasteiger partial charge in [0.1, 0.15) is 0 Å². The molecule has 0 N–H and O–H groups in total. The highest BCUT2D eigenvalue weighted by molar-refractivity contribution is 6.21. The summed E-state index contributed by atoms with van der Waals surface area (Å²) in [5, 5.41) is 0. The van der Waals surface area contributed by atoms with Crippen LogP contribution in [-0.4, -0.2) is 53.2 Å². The molecule has 0 aromatic heterocycles. The van der Waals surface area contributed by atoms with E-state index in [2.05, 4.69) is 13.2 Å². The lowest BCUT2D eigenvalue weighted by molar-refractivity contribution is -0.133. The average Bonchev–Trinajstić information content (AvgIpc) is 3.02. The zero-order valence-corrected chi connectivity index (χ0v) is 17.0. The predicted octanol–water partition coefficient (Wildman–Crippen LogP) is 2.84. The lowest BCUT2D eigenvalue weighted by Crippen LogP contribution is -2.35. The largest absolute Gasteiger partial charge is 0.452 e. The molecule has 1 aliphatic rings. The maximum Gasteiger partial charge on any atom is 0.338 e. The Hall–Kier alpha value is -4.00. The van der Waals surface area contributed by atoms with E-state index in [0.717, 1.165) is 4.90 Å². The molecule has 31 heavy (non-hydrogen) atoms. The molecule has 7 heteroatoms. The Morgan fingerprint density at radius 3 is 2.13 bits per heavy atom. The van der Waals surface area contributed by atoms with E-state index >= 15 is 0 Å². The Kier molecular flexibility index (Phi) is 6.77. The van der Waals surface area contributed by atoms with Crippen LogP contribution in [0.5, 0.6) is 0 Å². The van der Waals surface area contributed by atoms with Crippen molar-refractivity contribution < 1.29 is 23.9 Å². The zero-order chi connectivity index (χ0) is 22.4. The van der Waals surface area contributed by atoms with Crippen molar-refractivity contribution in [3.8, 4) is 0 Å². The molecule has 1 heterocycles. The van der Waals surface area contributed by atoms with E-state index in [1.165, 1.54) is 4.90 Å². The highest BCUT2D eigenvalue weighted by atomic mass is 16.5. The van der Waals surface area contributed by atoms with Gasteiger partial charge < -0.3 is 9.64 Å². The molecule has 3 amide bonds. The Labute approximate surface area is 180 Å². The van der Waals surface area contributed by atoms with Gasteiger partial charge in [0.15, 0.2) is 6.61 Å². The molecule has 7 nitrogen and oxygen atoms in total. The number of imide groups is 1. The van der Waals surface area contributed by atoms with Crippen LogP contribution < -0.4 is 0 Å². The van der Waals surface area contributed by atoms with Gasteiger partial charge in [-0.2, -0.15) is 0 Å². The number of fused-ring (bicyclic) bond motifs is 1. The number of carbonyl (C=O) groups is 4. The lowest BCUT2D eigenvalue weighted by Gasteiger charge is -2.19. The van der Waals surface area contributed by atoms with Crippen LogP contribution in [0.1, 0.15) is 36.6 Å². The van der Waals surface area contributed by atoms with Gasteiger partial charge in [-0.3, -0.25) is 19.3 Å². The second kappa shape index (κ2) is 9.67. The van der Waals surface area contributed by atoms with Crippen molar-refractivity contribution in [3.63, 3.8) is 0 Å². The lowest BCUT2D eigenvalue weighted by atomic mass is 10.1. The molecular weight excluding hydrogens is 396 g/mol. The number of hydrogen-bond acceptors (Lipinski definition) is 5. The van der Waals surface area contributed by atoms with E-state index in [9.17, 15) is 19.2 Å². The maximum absolute atomic E-state index is 12.5. The van der Waals surface area contributed by atoms with Crippen molar-refractivity contribution >= 4 is 23.7 Å². The maximum atomic E-state index is 12.5. The van der Waals surface area contributed by atoms with Crippen molar-refractivity contribution in [2.45, 2.75) is 6.54 Å². The topological polar surface area (TPSA) is 84.0 Å². The molecular formula is C24H22N2O5. The smallest absolute Gasteiger partial charge is 0.338 e. The Morgan fingerprint density at radius 1 is 0.935 bits per heavy atom. The number of ether oxygens (including phenoxy) is 1. The van der Waals surface area contributed by atoms with Crippen LogP contribution in [0.15, 0.2) is 73.8 Å². The Morgan fingerprint density at radius 2 is 1.55 bits per heavy atom. The molecule has 1 aliphatic heterocycles. The van der Waals surface area contributed by atoms with Gasteiger partial charge in [0.2, 0.25) is 0 Å². The summed E-state index contributed by atoms with van der Waals surface area (Å²) < 4.78 is 5.14. The zero-order valence-electron chi connectivity index (χ0n) is 17.0. The summed E-state index contributed by atoms with van der Waals surface area (Å²) in [6.45, 7) is 7.44. The van der Waals surface area contributed by atoms with Gasteiger partial charge in [0, 0.05) is 13.1 Å². The standard InChI is InChI=1S/C24H22N2O5/c1-3-12-25(13-4-2)21(27)16-31-24(30)18-9-7-8-17(14-18)15-26-22(28)19-10-5-6-11-20(19)23(26)29/h3-11,14H,1-2,12-13,15-16H2. The van der Waals surface area contributed by atoms with Crippen molar-refractivity contribution in [3.05, 3.63) is 96.1 Å². The van der Waals surface area contributed by atoms with Crippen molar-refractivity contribution in [2.24, 2.45) is 0 Å². The van der Waals surface area contributed by atoms with Gasteiger partial charge in [-0.15, -0.1) is 13.2 Å². The van der Waals surface area contributed by atoms with Crippen molar-refractivity contribution in [2.75, 3.05) is 19.7 Å². The molecule has 0 saturated carbocycles. The van der Waals surface area contributed by atoms with Crippen LogP contribution in [-0.2, 0) is 16.1 Å². The summed E-state index contributed by atoms with van der Waals surface area (Å²) in [5.74, 6) is -1.78. The minimum Gasteiger partial charge on any atom is -0.452 e. The van der Waals surface area contributed by atoms with Crippen molar-refractivity contribution in [1.29, 1.82) is 0 Å². The number of benzene rings is 2. The van der Waals surface area contributed by atoms with Crippen LogP contribution >= 0.6 is 0 Å². The molecule has 0 saturated heterocycles. The summed E-state index contributed by atoms with van der Waals surface area (Å²) >= 11 is 0. The molecule has 0 atom stereocenters. The fourth-order valence-corrected chi connectivity index (χ4v) is 3.25. The summed E-state index contributed by atoms with van der Waals surface area (Å²) in [5.41, 5.74) is 1.55. The third-order valence-corrected chi connectivity index (χ3v) is 4.76. The SMILES string of the molecule is C=CCN(CC=C)C(=O)COC(=O)c1cccc(CN2C(=O)c3ccccc3C2=O)c1. The van der Waals surface area contributed by atoms with E-state index in [-0.39, 0.29) is 29.8 Å². The summed E-state index contributed by atoms with van der Waals surface area (Å²) in [6.07, 6.45) is 3.15. The summed E-state index contributed by atoms with van der Waals surface area (Å²) in [6, 6.07) is 13.1. The van der Waals surface area contributed by atoms with Gasteiger partial charge in [-0.25, -0.2) is 4.79 Å². The molecule has 158 valence electrons. The highest BCUT2D eigenvalue weighted by Crippen LogP contribution is 2.24. The Balaban J connectivity index is 1.65. The van der Waals surface area contributed by atoms with E-state index < -0.39 is 12.6 Å². The Bertz CT molecular complexity index is 1010. The number of esters is 1. The van der Waals surface area contributed by atoms with Crippen LogP contribution in [0.4, 0.5) is 0 Å². The third-order valence-electron chi connectivity index (χ3n) is 4.76. The molecule has 2 aromatic carbocycles. The van der Waals surface area contributed by atoms with Crippen LogP contribution in [0.3, 0.4) is 0 Å². The van der Waals surface area contributed by atoms with Crippen LogP contribution in [0.2, 0.25) is 0 Å². The summed E-state index contributed by atoms with van der Waals surface area (Å²) in [7, 11) is 0. The molecule has 2 aromatic rings. The van der Waals surface area contributed by atoms with Gasteiger partial charge in [0.25, 0.3) is 17.7 Å². The molecule has 0 spiro atoms. The van der Waals surface area contributed by atoms with Crippen molar-refractivity contribution in [1.82, 2.24) is 9.80 Å². The quantitative estimate of drug-likeness (QED) is 0.355. The number of carbonyl (C=O) groups excluding carboxylic acids is 4. The first kappa shape index (κ1) is 21.7. The molecule has 0 bridgehead atoms. The number of amides is 3. The molecule has 0 unspecified atom stereocenters. The normalized spacial score (nSPS) is 12.3. The third kappa shape index (κ3) is 4.78. The molecule has 0 fully saturated rings. The van der Waals surface area contributed by atoms with E-state index in [1.54, 1.807) is 60.7 Å². The number of nitrogens with zero attached hydrogens (tertiary/aromatic N) is 2. The van der Waals surface area contributed by atoms with E-state index in [1.807, 2.05) is 0 Å². The van der Waals surface area contributed by atoms with E-state index in [4.69, 9.17) is 4.74 Å². The fourth-order valence-electron chi connectivity index (χ4n) is 3.25. The first-order chi connectivity index (χ1) is 15.0. The van der Waals surface area contributed by atoms with Gasteiger partial charge in [-0.05, 0) is 29.8 Å². The number of rotatable bonds is 9. The first-order valence-electron chi connectivity index (χ1n) is 9.67. The average molecular weight is 418 g/mol. The predicted molar refractivity (Wildman–Crippen MR) is 114 cm³/mol. The van der Waals surface area contributed by atoms with Gasteiger partial charge in [-0.1, -0.05) is 36.4 Å². The molecule has 0 aliphatic carbocycles. The number of hydrogen-bond donors (Lipinski definition) is 0. The summed E-state index contributed by atoms with van der Waals surface area (Å²) in [4.78, 5) is 52.3. The highest BCUT2D eigenvalue weighted by Gasteiger charge is 2.35. The molecule has 0 radical (unpaired) electrons. The first-order valence-corrected chi connectivity index (χ1v) is 9.67. The fraction of sp³-hybridized carbons (Fsp3) is 0.167. The molecule has 3 rings (SSSR count). The monoisotopic (exact) mass is 418 g/mol. The van der Waals surface area contributed by atoms with Gasteiger partial charge in [0.05, 0.1) is 23.2 Å².